The quantitative estimate of drug-likeness (QED) is 0.452. The second-order valence-corrected chi connectivity index (χ2v) is 3.74. The van der Waals surface area contributed by atoms with Crippen LogP contribution in [-0.2, 0) is 0 Å². The first kappa shape index (κ1) is 10.2. The largest absolute Gasteiger partial charge is 0.369 e. The average molecular weight is 242 g/mol. The van der Waals surface area contributed by atoms with E-state index >= 15 is 0 Å². The molecule has 0 unspecified atom stereocenters. The van der Waals surface area contributed by atoms with E-state index in [2.05, 4.69) is 25.9 Å². The summed E-state index contributed by atoms with van der Waals surface area (Å²) in [5.41, 5.74) is 1.11. The summed E-state index contributed by atoms with van der Waals surface area (Å²) < 4.78 is 0.848. The van der Waals surface area contributed by atoms with Gasteiger partial charge in [0, 0.05) is 14.1 Å². The molecule has 0 amide bonds. The molecule has 0 saturated carbocycles. The second kappa shape index (κ2) is 4.37. The Hall–Kier alpha value is -0.900. The van der Waals surface area contributed by atoms with Gasteiger partial charge >= 0.3 is 0 Å². The highest BCUT2D eigenvalue weighted by Gasteiger charge is 1.96. The molecule has 0 aliphatic rings. The SMILES string of the molecule is Cc1ccc(N=CN(C)C)nc1Br. The van der Waals surface area contributed by atoms with Crippen LogP contribution in [0, 0.1) is 6.92 Å². The molecule has 0 aliphatic carbocycles. The normalized spacial score (nSPS) is 10.8. The number of halogens is 1. The van der Waals surface area contributed by atoms with Crippen molar-refractivity contribution in [2.24, 2.45) is 4.99 Å². The Morgan fingerprint density at radius 3 is 2.69 bits per heavy atom. The Morgan fingerprint density at radius 1 is 1.46 bits per heavy atom. The number of aliphatic imine (C=N–C) groups is 1. The summed E-state index contributed by atoms with van der Waals surface area (Å²) >= 11 is 3.35. The Balaban J connectivity index is 2.85. The van der Waals surface area contributed by atoms with Crippen LogP contribution in [-0.4, -0.2) is 30.3 Å². The van der Waals surface area contributed by atoms with E-state index in [4.69, 9.17) is 0 Å². The zero-order valence-corrected chi connectivity index (χ0v) is 9.54. The number of pyridine rings is 1. The summed E-state index contributed by atoms with van der Waals surface area (Å²) in [6, 6.07) is 3.87. The summed E-state index contributed by atoms with van der Waals surface area (Å²) in [6.45, 7) is 2.00. The predicted molar refractivity (Wildman–Crippen MR) is 58.5 cm³/mol. The summed E-state index contributed by atoms with van der Waals surface area (Å²) in [5, 5.41) is 0. The number of aromatic nitrogens is 1. The van der Waals surface area contributed by atoms with Crippen LogP contribution in [0.3, 0.4) is 0 Å². The van der Waals surface area contributed by atoms with Crippen LogP contribution in [0.15, 0.2) is 21.7 Å². The minimum atomic E-state index is 0.714. The first-order valence-corrected chi connectivity index (χ1v) is 4.72. The smallest absolute Gasteiger partial charge is 0.154 e. The number of hydrogen-bond acceptors (Lipinski definition) is 2. The van der Waals surface area contributed by atoms with E-state index in [9.17, 15) is 0 Å². The number of nitrogens with zero attached hydrogens (tertiary/aromatic N) is 3. The Bertz CT molecular complexity index is 321. The number of rotatable bonds is 2. The molecule has 4 heteroatoms. The number of hydrogen-bond donors (Lipinski definition) is 0. The van der Waals surface area contributed by atoms with E-state index in [1.165, 1.54) is 0 Å². The maximum absolute atomic E-state index is 4.24. The maximum atomic E-state index is 4.24. The lowest BCUT2D eigenvalue weighted by Gasteiger charge is -2.02. The van der Waals surface area contributed by atoms with Gasteiger partial charge in [-0.2, -0.15) is 0 Å². The molecular weight excluding hydrogens is 230 g/mol. The molecule has 0 bridgehead atoms. The van der Waals surface area contributed by atoms with E-state index < -0.39 is 0 Å². The fourth-order valence-corrected chi connectivity index (χ4v) is 1.05. The van der Waals surface area contributed by atoms with Crippen molar-refractivity contribution in [3.8, 4) is 0 Å². The van der Waals surface area contributed by atoms with Crippen molar-refractivity contribution >= 4 is 28.1 Å². The summed E-state index contributed by atoms with van der Waals surface area (Å²) in [7, 11) is 3.85. The third kappa shape index (κ3) is 3.14. The molecule has 0 saturated heterocycles. The van der Waals surface area contributed by atoms with E-state index in [0.717, 1.165) is 10.2 Å². The molecule has 0 aliphatic heterocycles. The number of aryl methyl sites for hydroxylation is 1. The lowest BCUT2D eigenvalue weighted by Crippen LogP contribution is -2.07. The minimum absolute atomic E-state index is 0.714. The molecule has 70 valence electrons. The van der Waals surface area contributed by atoms with Gasteiger partial charge in [0.25, 0.3) is 0 Å². The molecule has 1 aromatic heterocycles. The molecule has 0 fully saturated rings. The summed E-state index contributed by atoms with van der Waals surface area (Å²) in [5.74, 6) is 0.714. The van der Waals surface area contributed by atoms with Crippen LogP contribution in [0.2, 0.25) is 0 Å². The van der Waals surface area contributed by atoms with Crippen LogP contribution >= 0.6 is 15.9 Å². The van der Waals surface area contributed by atoms with Crippen molar-refractivity contribution in [2.75, 3.05) is 14.1 Å². The van der Waals surface area contributed by atoms with Gasteiger partial charge in [0.2, 0.25) is 0 Å². The average Bonchev–Trinajstić information content (AvgIpc) is 2.07. The Kier molecular flexibility index (Phi) is 3.42. The van der Waals surface area contributed by atoms with Crippen LogP contribution in [0.5, 0.6) is 0 Å². The third-order valence-electron chi connectivity index (χ3n) is 1.44. The first-order valence-electron chi connectivity index (χ1n) is 3.93. The van der Waals surface area contributed by atoms with E-state index in [0.29, 0.717) is 5.82 Å². The van der Waals surface area contributed by atoms with Gasteiger partial charge < -0.3 is 4.90 Å². The highest BCUT2D eigenvalue weighted by atomic mass is 79.9. The van der Waals surface area contributed by atoms with Crippen molar-refractivity contribution in [1.82, 2.24) is 9.88 Å². The van der Waals surface area contributed by atoms with Crippen LogP contribution in [0.25, 0.3) is 0 Å². The Labute approximate surface area is 86.6 Å². The molecule has 0 spiro atoms. The van der Waals surface area contributed by atoms with Gasteiger partial charge in [0.05, 0.1) is 6.34 Å². The monoisotopic (exact) mass is 241 g/mol. The van der Waals surface area contributed by atoms with Gasteiger partial charge in [-0.3, -0.25) is 0 Å². The van der Waals surface area contributed by atoms with Gasteiger partial charge in [0.1, 0.15) is 4.60 Å². The predicted octanol–water partition coefficient (Wildman–Crippen LogP) is 2.37. The molecular formula is C9H12BrN3. The van der Waals surface area contributed by atoms with Gasteiger partial charge in [-0.25, -0.2) is 9.98 Å². The topological polar surface area (TPSA) is 28.5 Å². The molecule has 1 aromatic rings. The van der Waals surface area contributed by atoms with Crippen molar-refractivity contribution in [3.05, 3.63) is 22.3 Å². The lowest BCUT2D eigenvalue weighted by atomic mass is 10.3. The second-order valence-electron chi connectivity index (χ2n) is 2.99. The molecule has 3 nitrogen and oxygen atoms in total. The van der Waals surface area contributed by atoms with Gasteiger partial charge in [-0.15, -0.1) is 0 Å². The Morgan fingerprint density at radius 2 is 2.15 bits per heavy atom. The van der Waals surface area contributed by atoms with Crippen molar-refractivity contribution in [2.45, 2.75) is 6.92 Å². The molecule has 0 aromatic carbocycles. The lowest BCUT2D eigenvalue weighted by molar-refractivity contribution is 0.643. The summed E-state index contributed by atoms with van der Waals surface area (Å²) in [4.78, 5) is 10.3. The van der Waals surface area contributed by atoms with E-state index in [1.807, 2.05) is 38.1 Å². The van der Waals surface area contributed by atoms with Crippen LogP contribution in [0.1, 0.15) is 5.56 Å². The molecule has 0 radical (unpaired) electrons. The molecule has 0 N–H and O–H groups in total. The van der Waals surface area contributed by atoms with Crippen LogP contribution in [0.4, 0.5) is 5.82 Å². The molecule has 0 atom stereocenters. The van der Waals surface area contributed by atoms with Gasteiger partial charge in [0.15, 0.2) is 5.82 Å². The summed E-state index contributed by atoms with van der Waals surface area (Å²) in [6.07, 6.45) is 1.73. The highest BCUT2D eigenvalue weighted by Crippen LogP contribution is 2.17. The van der Waals surface area contributed by atoms with Crippen molar-refractivity contribution in [1.29, 1.82) is 0 Å². The van der Waals surface area contributed by atoms with E-state index in [-0.39, 0.29) is 0 Å². The standard InChI is InChI=1S/C9H12BrN3/c1-7-4-5-8(12-9(7)10)11-6-13(2)3/h4-6H,1-3H3. The third-order valence-corrected chi connectivity index (χ3v) is 2.24. The van der Waals surface area contributed by atoms with Gasteiger partial charge in [-0.05, 0) is 34.5 Å². The van der Waals surface area contributed by atoms with Crippen molar-refractivity contribution < 1.29 is 0 Å². The van der Waals surface area contributed by atoms with Gasteiger partial charge in [-0.1, -0.05) is 6.07 Å². The molecule has 1 heterocycles. The van der Waals surface area contributed by atoms with Crippen molar-refractivity contribution in [3.63, 3.8) is 0 Å². The fourth-order valence-electron chi connectivity index (χ4n) is 0.741. The maximum Gasteiger partial charge on any atom is 0.154 e. The molecule has 1 rings (SSSR count). The van der Waals surface area contributed by atoms with E-state index in [1.54, 1.807) is 6.34 Å². The molecule has 13 heavy (non-hydrogen) atoms. The van der Waals surface area contributed by atoms with Crippen LogP contribution < -0.4 is 0 Å². The zero-order chi connectivity index (χ0) is 9.84. The minimum Gasteiger partial charge on any atom is -0.369 e. The highest BCUT2D eigenvalue weighted by molar-refractivity contribution is 9.10. The fraction of sp³-hybridized carbons (Fsp3) is 0.333. The first-order chi connectivity index (χ1) is 6.09. The zero-order valence-electron chi connectivity index (χ0n) is 7.95.